The fourth-order valence-electron chi connectivity index (χ4n) is 2.32. The number of anilines is 2. The number of hydrogen-bond donors (Lipinski definition) is 2. The van der Waals surface area contributed by atoms with Gasteiger partial charge in [0.2, 0.25) is 0 Å². The molecule has 0 aliphatic rings. The van der Waals surface area contributed by atoms with Crippen molar-refractivity contribution in [2.75, 3.05) is 5.32 Å². The van der Waals surface area contributed by atoms with Crippen molar-refractivity contribution in [1.29, 1.82) is 0 Å². The zero-order valence-corrected chi connectivity index (χ0v) is 18.4. The van der Waals surface area contributed by atoms with E-state index in [2.05, 4.69) is 15.5 Å². The van der Waals surface area contributed by atoms with Gasteiger partial charge in [-0.1, -0.05) is 12.1 Å². The summed E-state index contributed by atoms with van der Waals surface area (Å²) in [5, 5.41) is 33.1. The van der Waals surface area contributed by atoms with Gasteiger partial charge >= 0.3 is 29.6 Å². The number of nitrogens with one attached hydrogen (secondary N) is 1. The van der Waals surface area contributed by atoms with E-state index in [1.54, 1.807) is 24.3 Å². The van der Waals surface area contributed by atoms with Gasteiger partial charge in [-0.05, 0) is 48.5 Å². The summed E-state index contributed by atoms with van der Waals surface area (Å²) in [6.45, 7) is 0. The second kappa shape index (κ2) is 9.78. The molecule has 2 N–H and O–H groups in total. The van der Waals surface area contributed by atoms with Crippen molar-refractivity contribution in [2.45, 2.75) is 4.90 Å². The average molecular weight is 436 g/mol. The average Bonchev–Trinajstić information content (AvgIpc) is 2.68. The van der Waals surface area contributed by atoms with Crippen LogP contribution in [0.2, 0.25) is 0 Å². The summed E-state index contributed by atoms with van der Waals surface area (Å²) in [4.78, 5) is 9.90. The Balaban J connectivity index is 0.00000320. The molecule has 0 aromatic heterocycles. The topological polar surface area (TPSA) is 157 Å². The van der Waals surface area contributed by atoms with E-state index in [9.17, 15) is 23.6 Å². The number of benzene rings is 3. The summed E-state index contributed by atoms with van der Waals surface area (Å²) >= 11 is 0. The van der Waals surface area contributed by atoms with Crippen molar-refractivity contribution in [3.63, 3.8) is 0 Å². The third-order valence-electron chi connectivity index (χ3n) is 3.73. The van der Waals surface area contributed by atoms with Crippen LogP contribution in [-0.4, -0.2) is 17.9 Å². The minimum Gasteiger partial charge on any atom is -0.872 e. The molecule has 0 amide bonds. The fraction of sp³-hybridized carbons (Fsp3) is 0. The molecule has 0 heterocycles. The molecule has 0 radical (unpaired) electrons. The molecule has 0 aliphatic carbocycles. The number of azo groups is 1. The normalized spacial score (nSPS) is 11.1. The summed E-state index contributed by atoms with van der Waals surface area (Å²) < 4.78 is 31.4. The fourth-order valence-corrected chi connectivity index (χ4v) is 2.82. The summed E-state index contributed by atoms with van der Waals surface area (Å²) in [6, 6.07) is 15.3. The van der Waals surface area contributed by atoms with Crippen molar-refractivity contribution in [3.8, 4) is 5.75 Å². The van der Waals surface area contributed by atoms with Gasteiger partial charge in [-0.3, -0.25) is 14.7 Å². The molecule has 0 atom stereocenters. The Morgan fingerprint density at radius 3 is 1.93 bits per heavy atom. The first kappa shape index (κ1) is 23.4. The molecule has 0 saturated heterocycles. The molecule has 0 aliphatic heterocycles. The Hall–Kier alpha value is -2.83. The molecular formula is C18H13N4NaO6S. The maximum Gasteiger partial charge on any atom is 1.00 e. The van der Waals surface area contributed by atoms with Crippen LogP contribution in [-0.2, 0) is 10.1 Å². The van der Waals surface area contributed by atoms with Crippen molar-refractivity contribution in [2.24, 2.45) is 10.2 Å². The van der Waals surface area contributed by atoms with Gasteiger partial charge in [0, 0.05) is 11.8 Å². The largest absolute Gasteiger partial charge is 1.00 e. The van der Waals surface area contributed by atoms with Crippen LogP contribution in [0.1, 0.15) is 0 Å². The van der Waals surface area contributed by atoms with Crippen molar-refractivity contribution in [3.05, 3.63) is 76.8 Å². The minimum atomic E-state index is -4.56. The maximum atomic E-state index is 11.2. The Bertz CT molecular complexity index is 1180. The molecule has 12 heteroatoms. The number of rotatable bonds is 6. The third-order valence-corrected chi connectivity index (χ3v) is 4.58. The van der Waals surface area contributed by atoms with Crippen molar-refractivity contribution < 1.29 is 52.6 Å². The van der Waals surface area contributed by atoms with Gasteiger partial charge in [-0.15, -0.1) is 5.75 Å². The van der Waals surface area contributed by atoms with E-state index in [1.165, 1.54) is 30.3 Å². The van der Waals surface area contributed by atoms with E-state index in [0.29, 0.717) is 17.1 Å². The van der Waals surface area contributed by atoms with Crippen LogP contribution in [0.25, 0.3) is 0 Å². The Kier molecular flexibility index (Phi) is 7.65. The molecule has 0 spiro atoms. The maximum absolute atomic E-state index is 11.2. The number of hydrogen-bond acceptors (Lipinski definition) is 8. The van der Waals surface area contributed by atoms with Gasteiger partial charge < -0.3 is 10.4 Å². The third kappa shape index (κ3) is 6.08. The van der Waals surface area contributed by atoms with Crippen LogP contribution in [0.5, 0.6) is 5.75 Å². The second-order valence-electron chi connectivity index (χ2n) is 5.78. The van der Waals surface area contributed by atoms with Crippen LogP contribution < -0.4 is 40.0 Å². The van der Waals surface area contributed by atoms with E-state index >= 15 is 0 Å². The number of nitro groups is 1. The summed E-state index contributed by atoms with van der Waals surface area (Å²) in [5.41, 5.74) is 1.06. The smallest absolute Gasteiger partial charge is 0.872 e. The van der Waals surface area contributed by atoms with Gasteiger partial charge in [-0.2, -0.15) is 18.6 Å². The van der Waals surface area contributed by atoms with Crippen molar-refractivity contribution >= 4 is 38.6 Å². The Morgan fingerprint density at radius 1 is 0.900 bits per heavy atom. The van der Waals surface area contributed by atoms with Crippen LogP contribution >= 0.6 is 0 Å². The summed E-state index contributed by atoms with van der Waals surface area (Å²) in [5.74, 6) is -0.127. The molecule has 3 rings (SSSR count). The van der Waals surface area contributed by atoms with Gasteiger partial charge in [-0.25, -0.2) is 0 Å². The molecule has 30 heavy (non-hydrogen) atoms. The predicted molar refractivity (Wildman–Crippen MR) is 103 cm³/mol. The Morgan fingerprint density at radius 2 is 1.43 bits per heavy atom. The molecule has 0 fully saturated rings. The zero-order valence-electron chi connectivity index (χ0n) is 15.6. The van der Waals surface area contributed by atoms with E-state index < -0.39 is 25.6 Å². The molecule has 148 valence electrons. The molecule has 0 bridgehead atoms. The molecule has 0 saturated carbocycles. The van der Waals surface area contributed by atoms with E-state index in [1.807, 2.05) is 0 Å². The summed E-state index contributed by atoms with van der Waals surface area (Å²) in [6.07, 6.45) is 0. The van der Waals surface area contributed by atoms with Crippen LogP contribution in [0, 0.1) is 10.1 Å². The first-order valence-corrected chi connectivity index (χ1v) is 9.48. The predicted octanol–water partition coefficient (Wildman–Crippen LogP) is 1.08. The molecule has 0 unspecified atom stereocenters. The van der Waals surface area contributed by atoms with Gasteiger partial charge in [0.15, 0.2) is 0 Å². The van der Waals surface area contributed by atoms with E-state index in [-0.39, 0.29) is 41.0 Å². The quantitative estimate of drug-likeness (QED) is 0.192. The van der Waals surface area contributed by atoms with Gasteiger partial charge in [0.05, 0.1) is 16.3 Å². The van der Waals surface area contributed by atoms with Crippen LogP contribution in [0.3, 0.4) is 0 Å². The van der Waals surface area contributed by atoms with E-state index in [4.69, 9.17) is 4.55 Å². The molecule has 3 aromatic rings. The molecular weight excluding hydrogens is 423 g/mol. The first-order chi connectivity index (χ1) is 13.7. The van der Waals surface area contributed by atoms with Crippen LogP contribution in [0.4, 0.5) is 28.4 Å². The molecule has 3 aromatic carbocycles. The molecule has 10 nitrogen and oxygen atoms in total. The number of nitrogens with zero attached hydrogens (tertiary/aromatic N) is 3. The zero-order chi connectivity index (χ0) is 21.0. The SMILES string of the molecule is O=[N+]([O-])c1cc(S(=O)(=O)O)ccc1Nc1ccc(N=Nc2ccc([O-])cc2)cc1.[Na+]. The second-order valence-corrected chi connectivity index (χ2v) is 7.20. The standard InChI is InChI=1S/C18H14N4O6S.Na/c23-15-7-5-14(6-8-15)21-20-13-3-1-12(2-4-13)19-17-10-9-16(29(26,27)28)11-18(17)22(24)25;/h1-11,19,23H,(H,26,27,28);/q;+1/p-1. The van der Waals surface area contributed by atoms with Gasteiger partial charge in [0.1, 0.15) is 10.6 Å². The van der Waals surface area contributed by atoms with Crippen molar-refractivity contribution in [1.82, 2.24) is 0 Å². The Labute approximate surface area is 193 Å². The monoisotopic (exact) mass is 436 g/mol. The summed E-state index contributed by atoms with van der Waals surface area (Å²) in [7, 11) is -4.56. The van der Waals surface area contributed by atoms with Gasteiger partial charge in [0.25, 0.3) is 15.8 Å². The van der Waals surface area contributed by atoms with E-state index in [0.717, 1.165) is 12.1 Å². The minimum absolute atomic E-state index is 0. The van der Waals surface area contributed by atoms with Crippen LogP contribution in [0.15, 0.2) is 81.9 Å². The number of nitro benzene ring substituents is 1. The first-order valence-electron chi connectivity index (χ1n) is 8.04.